The number of furan rings is 1. The van der Waals surface area contributed by atoms with Gasteiger partial charge < -0.3 is 14.3 Å². The molecule has 0 saturated heterocycles. The third-order valence-electron chi connectivity index (χ3n) is 8.79. The van der Waals surface area contributed by atoms with Crippen molar-refractivity contribution in [1.29, 1.82) is 0 Å². The molecule has 9 aromatic rings. The van der Waals surface area contributed by atoms with Crippen LogP contribution in [0.15, 0.2) is 168 Å². The summed E-state index contributed by atoms with van der Waals surface area (Å²) in [5.74, 6) is 0. The van der Waals surface area contributed by atoms with Crippen LogP contribution in [0.1, 0.15) is 0 Å². The van der Waals surface area contributed by atoms with Crippen LogP contribution < -0.4 is 5.32 Å². The average molecular weight is 577 g/mol. The van der Waals surface area contributed by atoms with E-state index in [9.17, 15) is 0 Å². The van der Waals surface area contributed by atoms with Crippen LogP contribution in [0.4, 0.5) is 11.4 Å². The van der Waals surface area contributed by atoms with E-state index in [1.54, 1.807) is 0 Å². The average Bonchev–Trinajstić information content (AvgIpc) is 3.64. The van der Waals surface area contributed by atoms with Crippen LogP contribution in [0.5, 0.6) is 0 Å². The summed E-state index contributed by atoms with van der Waals surface area (Å²) in [5, 5.41) is 8.39. The fraction of sp³-hybridized carbons (Fsp3) is 0. The van der Waals surface area contributed by atoms with Crippen LogP contribution in [0.25, 0.3) is 71.7 Å². The van der Waals surface area contributed by atoms with Gasteiger partial charge in [-0.15, -0.1) is 0 Å². The number of nitrogens with one attached hydrogen (secondary N) is 1. The van der Waals surface area contributed by atoms with Crippen molar-refractivity contribution in [3.63, 3.8) is 0 Å². The second kappa shape index (κ2) is 10.3. The van der Waals surface area contributed by atoms with E-state index < -0.39 is 0 Å². The summed E-state index contributed by atoms with van der Waals surface area (Å²) in [6.45, 7) is 0. The van der Waals surface area contributed by atoms with Crippen LogP contribution in [-0.2, 0) is 0 Å². The number of rotatable bonds is 5. The lowest BCUT2D eigenvalue weighted by Gasteiger charge is -2.10. The van der Waals surface area contributed by atoms with E-state index in [2.05, 4.69) is 162 Å². The Kier molecular flexibility index (Phi) is 5.82. The highest BCUT2D eigenvalue weighted by molar-refractivity contribution is 6.10. The van der Waals surface area contributed by atoms with Crippen LogP contribution in [0, 0.1) is 0 Å². The first-order chi connectivity index (χ1) is 22.3. The van der Waals surface area contributed by atoms with Gasteiger partial charge in [-0.1, -0.05) is 97.1 Å². The van der Waals surface area contributed by atoms with Crippen molar-refractivity contribution < 1.29 is 4.42 Å². The minimum atomic E-state index is 0.917. The lowest BCUT2D eigenvalue weighted by Crippen LogP contribution is -1.93. The standard InChI is InChI=1S/C42H28N2O/c1-2-8-34(9-3-1)44-39-12-6-4-10-35(39)36-24-18-31(27-40(36)44)29-16-22-33(23-17-29)43-32-20-14-28(15-21-32)30-19-25-42-38(26-30)37-11-5-7-13-41(37)45-42/h1-27,43H. The van der Waals surface area contributed by atoms with Gasteiger partial charge >= 0.3 is 0 Å². The minimum absolute atomic E-state index is 0.917. The van der Waals surface area contributed by atoms with Gasteiger partial charge in [0.2, 0.25) is 0 Å². The Hall–Kier alpha value is -6.06. The molecular weight excluding hydrogens is 548 g/mol. The summed E-state index contributed by atoms with van der Waals surface area (Å²) >= 11 is 0. The fourth-order valence-corrected chi connectivity index (χ4v) is 6.57. The molecule has 0 saturated carbocycles. The monoisotopic (exact) mass is 576 g/mol. The van der Waals surface area contributed by atoms with Gasteiger partial charge in [0, 0.05) is 38.6 Å². The molecule has 2 heterocycles. The molecule has 0 radical (unpaired) electrons. The van der Waals surface area contributed by atoms with Crippen LogP contribution in [0.2, 0.25) is 0 Å². The van der Waals surface area contributed by atoms with Crippen molar-refractivity contribution in [1.82, 2.24) is 4.57 Å². The molecule has 9 rings (SSSR count). The van der Waals surface area contributed by atoms with E-state index in [4.69, 9.17) is 4.42 Å². The van der Waals surface area contributed by atoms with Gasteiger partial charge in [-0.25, -0.2) is 0 Å². The molecule has 0 aliphatic heterocycles. The van der Waals surface area contributed by atoms with E-state index >= 15 is 0 Å². The third-order valence-corrected chi connectivity index (χ3v) is 8.79. The Morgan fingerprint density at radius 3 is 1.69 bits per heavy atom. The minimum Gasteiger partial charge on any atom is -0.456 e. The molecule has 1 N–H and O–H groups in total. The maximum atomic E-state index is 6.01. The summed E-state index contributed by atoms with van der Waals surface area (Å²) < 4.78 is 8.37. The number of anilines is 2. The van der Waals surface area contributed by atoms with Gasteiger partial charge in [-0.2, -0.15) is 0 Å². The zero-order chi connectivity index (χ0) is 29.7. The largest absolute Gasteiger partial charge is 0.456 e. The van der Waals surface area contributed by atoms with Gasteiger partial charge in [-0.05, 0) is 89.0 Å². The third kappa shape index (κ3) is 4.37. The predicted molar refractivity (Wildman–Crippen MR) is 189 cm³/mol. The van der Waals surface area contributed by atoms with E-state index in [-0.39, 0.29) is 0 Å². The lowest BCUT2D eigenvalue weighted by atomic mass is 10.0. The Balaban J connectivity index is 0.988. The van der Waals surface area contributed by atoms with Crippen molar-refractivity contribution in [2.75, 3.05) is 5.32 Å². The van der Waals surface area contributed by atoms with Gasteiger partial charge in [-0.3, -0.25) is 0 Å². The van der Waals surface area contributed by atoms with E-state index in [1.807, 2.05) is 12.1 Å². The Morgan fingerprint density at radius 2 is 0.933 bits per heavy atom. The van der Waals surface area contributed by atoms with Crippen molar-refractivity contribution in [2.24, 2.45) is 0 Å². The number of fused-ring (bicyclic) bond motifs is 6. The second-order valence-electron chi connectivity index (χ2n) is 11.5. The number of benzene rings is 7. The number of hydrogen-bond acceptors (Lipinski definition) is 2. The molecule has 0 atom stereocenters. The molecule has 7 aromatic carbocycles. The first-order valence-corrected chi connectivity index (χ1v) is 15.3. The van der Waals surface area contributed by atoms with Crippen LogP contribution in [-0.4, -0.2) is 4.57 Å². The number of para-hydroxylation sites is 3. The lowest BCUT2D eigenvalue weighted by molar-refractivity contribution is 0.669. The molecule has 45 heavy (non-hydrogen) atoms. The van der Waals surface area contributed by atoms with Crippen molar-refractivity contribution >= 4 is 55.1 Å². The molecule has 0 aliphatic carbocycles. The Bertz CT molecular complexity index is 2480. The first-order valence-electron chi connectivity index (χ1n) is 15.3. The highest BCUT2D eigenvalue weighted by Crippen LogP contribution is 2.36. The maximum absolute atomic E-state index is 6.01. The van der Waals surface area contributed by atoms with Crippen LogP contribution >= 0.6 is 0 Å². The SMILES string of the molecule is c1ccc(-n2c3ccccc3c3ccc(-c4ccc(Nc5ccc(-c6ccc7oc8ccccc8c7c6)cc5)cc4)cc32)cc1. The Morgan fingerprint density at radius 1 is 0.378 bits per heavy atom. The molecule has 3 heteroatoms. The highest BCUT2D eigenvalue weighted by Gasteiger charge is 2.13. The molecule has 0 spiro atoms. The van der Waals surface area contributed by atoms with Gasteiger partial charge in [0.1, 0.15) is 11.2 Å². The van der Waals surface area contributed by atoms with Gasteiger partial charge in [0.05, 0.1) is 11.0 Å². The molecule has 3 nitrogen and oxygen atoms in total. The fourth-order valence-electron chi connectivity index (χ4n) is 6.57. The zero-order valence-electron chi connectivity index (χ0n) is 24.4. The summed E-state index contributed by atoms with van der Waals surface area (Å²) in [5.41, 5.74) is 12.3. The summed E-state index contributed by atoms with van der Waals surface area (Å²) in [7, 11) is 0. The summed E-state index contributed by atoms with van der Waals surface area (Å²) in [6.07, 6.45) is 0. The predicted octanol–water partition coefficient (Wildman–Crippen LogP) is 11.8. The molecular formula is C42H28N2O. The summed E-state index contributed by atoms with van der Waals surface area (Å²) in [4.78, 5) is 0. The molecule has 2 aromatic heterocycles. The van der Waals surface area contributed by atoms with Crippen molar-refractivity contribution in [2.45, 2.75) is 0 Å². The Labute approximate surface area is 260 Å². The highest BCUT2D eigenvalue weighted by atomic mass is 16.3. The molecule has 0 aliphatic rings. The molecule has 0 amide bonds. The summed E-state index contributed by atoms with van der Waals surface area (Å²) in [6, 6.07) is 58.0. The maximum Gasteiger partial charge on any atom is 0.135 e. The van der Waals surface area contributed by atoms with Gasteiger partial charge in [0.15, 0.2) is 0 Å². The first kappa shape index (κ1) is 25.4. The second-order valence-corrected chi connectivity index (χ2v) is 11.5. The van der Waals surface area contributed by atoms with Crippen LogP contribution in [0.3, 0.4) is 0 Å². The number of hydrogen-bond donors (Lipinski definition) is 1. The normalized spacial score (nSPS) is 11.6. The topological polar surface area (TPSA) is 30.1 Å². The van der Waals surface area contributed by atoms with Crippen molar-refractivity contribution in [3.05, 3.63) is 164 Å². The molecule has 0 fully saturated rings. The molecule has 212 valence electrons. The van der Waals surface area contributed by atoms with E-state index in [0.717, 1.165) is 33.3 Å². The van der Waals surface area contributed by atoms with Gasteiger partial charge in [0.25, 0.3) is 0 Å². The quantitative estimate of drug-likeness (QED) is 0.221. The smallest absolute Gasteiger partial charge is 0.135 e. The zero-order valence-corrected chi connectivity index (χ0v) is 24.4. The molecule has 0 bridgehead atoms. The van der Waals surface area contributed by atoms with E-state index in [0.29, 0.717) is 0 Å². The van der Waals surface area contributed by atoms with E-state index in [1.165, 1.54) is 49.7 Å². The molecule has 0 unspecified atom stereocenters. The van der Waals surface area contributed by atoms with Crippen molar-refractivity contribution in [3.8, 4) is 27.9 Å². The number of nitrogens with zero attached hydrogens (tertiary/aromatic N) is 1. The number of aromatic nitrogens is 1.